The highest BCUT2D eigenvalue weighted by Gasteiger charge is 2.17. The first-order valence-corrected chi connectivity index (χ1v) is 6.03. The molecule has 2 rings (SSSR count). The maximum absolute atomic E-state index is 11.8. The van der Waals surface area contributed by atoms with Crippen molar-refractivity contribution in [3.63, 3.8) is 0 Å². The zero-order valence-corrected chi connectivity index (χ0v) is 10.7. The van der Waals surface area contributed by atoms with Crippen molar-refractivity contribution in [2.75, 3.05) is 13.2 Å². The van der Waals surface area contributed by atoms with E-state index < -0.39 is 6.10 Å². The molecule has 0 unspecified atom stereocenters. The number of carbonyl (C=O) groups excluding carboxylic acids is 1. The van der Waals surface area contributed by atoms with Gasteiger partial charge in [0, 0.05) is 17.1 Å². The molecule has 0 bridgehead atoms. The lowest BCUT2D eigenvalue weighted by molar-refractivity contribution is -0.118. The summed E-state index contributed by atoms with van der Waals surface area (Å²) >= 11 is 5.89. The summed E-state index contributed by atoms with van der Waals surface area (Å²) in [6.45, 7) is 2.06. The first-order chi connectivity index (χ1) is 8.56. The predicted octanol–water partition coefficient (Wildman–Crippen LogP) is 1.61. The van der Waals surface area contributed by atoms with Crippen LogP contribution in [0.3, 0.4) is 0 Å². The van der Waals surface area contributed by atoms with Crippen LogP contribution in [0.5, 0.6) is 5.75 Å². The zero-order valence-electron chi connectivity index (χ0n) is 9.94. The van der Waals surface area contributed by atoms with Crippen molar-refractivity contribution in [2.45, 2.75) is 13.0 Å². The van der Waals surface area contributed by atoms with Gasteiger partial charge in [0.2, 0.25) is 0 Å². The molecule has 1 amide bonds. The fourth-order valence-corrected chi connectivity index (χ4v) is 1.81. The standard InChI is InChI=1S/C13H14ClNO3/c1-8(16)6-15-13(17)10-4-9-5-11(14)2-3-12(9)18-7-10/h2-5,8,16H,6-7H2,1H3,(H,15,17)/t8-/m1/s1. The van der Waals surface area contributed by atoms with Gasteiger partial charge in [0.25, 0.3) is 5.91 Å². The second kappa shape index (κ2) is 5.42. The van der Waals surface area contributed by atoms with Crippen LogP contribution in [0.1, 0.15) is 12.5 Å². The second-order valence-electron chi connectivity index (χ2n) is 4.20. The smallest absolute Gasteiger partial charge is 0.250 e. The van der Waals surface area contributed by atoms with E-state index in [4.69, 9.17) is 21.4 Å². The van der Waals surface area contributed by atoms with Crippen molar-refractivity contribution < 1.29 is 14.6 Å². The van der Waals surface area contributed by atoms with Gasteiger partial charge in [-0.1, -0.05) is 11.6 Å². The highest BCUT2D eigenvalue weighted by molar-refractivity contribution is 6.30. The molecule has 1 heterocycles. The second-order valence-corrected chi connectivity index (χ2v) is 4.64. The van der Waals surface area contributed by atoms with Crippen LogP contribution in [-0.2, 0) is 4.79 Å². The number of hydrogen-bond donors (Lipinski definition) is 2. The van der Waals surface area contributed by atoms with E-state index in [1.807, 2.05) is 0 Å². The summed E-state index contributed by atoms with van der Waals surface area (Å²) < 4.78 is 5.47. The van der Waals surface area contributed by atoms with Gasteiger partial charge in [-0.15, -0.1) is 0 Å². The molecule has 0 saturated carbocycles. The Kier molecular flexibility index (Phi) is 3.89. The molecule has 0 spiro atoms. The molecular formula is C13H14ClNO3. The molecule has 1 aliphatic heterocycles. The minimum atomic E-state index is -0.569. The molecule has 1 atom stereocenters. The van der Waals surface area contributed by atoms with Crippen LogP contribution in [0, 0.1) is 0 Å². The number of halogens is 1. The largest absolute Gasteiger partial charge is 0.488 e. The molecule has 1 aliphatic rings. The van der Waals surface area contributed by atoms with E-state index in [2.05, 4.69) is 5.32 Å². The number of benzene rings is 1. The van der Waals surface area contributed by atoms with Crippen molar-refractivity contribution in [3.8, 4) is 5.75 Å². The Balaban J connectivity index is 2.14. The maximum atomic E-state index is 11.8. The van der Waals surface area contributed by atoms with Gasteiger partial charge in [0.05, 0.1) is 11.7 Å². The normalized spacial score (nSPS) is 15.2. The molecule has 1 aromatic carbocycles. The minimum Gasteiger partial charge on any atom is -0.488 e. The van der Waals surface area contributed by atoms with E-state index in [-0.39, 0.29) is 19.1 Å². The number of aliphatic hydroxyl groups excluding tert-OH is 1. The Bertz CT molecular complexity index is 497. The molecular weight excluding hydrogens is 254 g/mol. The third kappa shape index (κ3) is 3.03. The van der Waals surface area contributed by atoms with Gasteiger partial charge < -0.3 is 15.2 Å². The van der Waals surface area contributed by atoms with Crippen LogP contribution >= 0.6 is 11.6 Å². The highest BCUT2D eigenvalue weighted by Crippen LogP contribution is 2.28. The van der Waals surface area contributed by atoms with Crippen LogP contribution in [0.2, 0.25) is 5.02 Å². The molecule has 0 radical (unpaired) electrons. The summed E-state index contributed by atoms with van der Waals surface area (Å²) in [7, 11) is 0. The summed E-state index contributed by atoms with van der Waals surface area (Å²) in [5, 5.41) is 12.3. The third-order valence-electron chi connectivity index (χ3n) is 2.53. The molecule has 4 nitrogen and oxygen atoms in total. The SMILES string of the molecule is C[C@@H](O)CNC(=O)C1=Cc2cc(Cl)ccc2OC1. The van der Waals surface area contributed by atoms with Crippen LogP contribution in [0.15, 0.2) is 23.8 Å². The number of rotatable bonds is 3. The summed E-state index contributed by atoms with van der Waals surface area (Å²) in [5.74, 6) is 0.480. The molecule has 0 aromatic heterocycles. The molecule has 1 aromatic rings. The van der Waals surface area contributed by atoms with Gasteiger partial charge in [0.15, 0.2) is 0 Å². The minimum absolute atomic E-state index is 0.221. The monoisotopic (exact) mass is 267 g/mol. The number of nitrogens with one attached hydrogen (secondary N) is 1. The average molecular weight is 268 g/mol. The fraction of sp³-hybridized carbons (Fsp3) is 0.308. The molecule has 0 fully saturated rings. The first kappa shape index (κ1) is 12.9. The van der Waals surface area contributed by atoms with Gasteiger partial charge in [0.1, 0.15) is 12.4 Å². The van der Waals surface area contributed by atoms with Gasteiger partial charge in [-0.2, -0.15) is 0 Å². The molecule has 2 N–H and O–H groups in total. The number of ether oxygens (including phenoxy) is 1. The highest BCUT2D eigenvalue weighted by atomic mass is 35.5. The Morgan fingerprint density at radius 3 is 3.11 bits per heavy atom. The van der Waals surface area contributed by atoms with Gasteiger partial charge in [-0.25, -0.2) is 0 Å². The quantitative estimate of drug-likeness (QED) is 0.875. The molecule has 0 saturated heterocycles. The van der Waals surface area contributed by atoms with Crippen LogP contribution in [0.25, 0.3) is 6.08 Å². The summed E-state index contributed by atoms with van der Waals surface area (Å²) in [5.41, 5.74) is 1.31. The van der Waals surface area contributed by atoms with Gasteiger partial charge in [-0.05, 0) is 31.2 Å². The Morgan fingerprint density at radius 2 is 2.39 bits per heavy atom. The topological polar surface area (TPSA) is 58.6 Å². The third-order valence-corrected chi connectivity index (χ3v) is 2.77. The summed E-state index contributed by atoms with van der Waals surface area (Å²) in [6, 6.07) is 5.27. The molecule has 5 heteroatoms. The summed E-state index contributed by atoms with van der Waals surface area (Å²) in [6.07, 6.45) is 1.18. The lowest BCUT2D eigenvalue weighted by atomic mass is 10.1. The van der Waals surface area contributed by atoms with E-state index in [1.165, 1.54) is 0 Å². The molecule has 18 heavy (non-hydrogen) atoms. The molecule has 96 valence electrons. The number of aliphatic hydroxyl groups is 1. The average Bonchev–Trinajstić information content (AvgIpc) is 2.34. The Hall–Kier alpha value is -1.52. The lowest BCUT2D eigenvalue weighted by Crippen LogP contribution is -2.33. The number of amides is 1. The Labute approximate surface area is 110 Å². The van der Waals surface area contributed by atoms with Crippen LogP contribution in [0.4, 0.5) is 0 Å². The van der Waals surface area contributed by atoms with E-state index >= 15 is 0 Å². The Morgan fingerprint density at radius 1 is 1.61 bits per heavy atom. The van der Waals surface area contributed by atoms with Crippen molar-refractivity contribution in [1.29, 1.82) is 0 Å². The number of hydrogen-bond acceptors (Lipinski definition) is 3. The van der Waals surface area contributed by atoms with Crippen molar-refractivity contribution in [1.82, 2.24) is 5.32 Å². The van der Waals surface area contributed by atoms with Gasteiger partial charge >= 0.3 is 0 Å². The number of fused-ring (bicyclic) bond motifs is 1. The van der Waals surface area contributed by atoms with Crippen LogP contribution in [-0.4, -0.2) is 30.3 Å². The van der Waals surface area contributed by atoms with Crippen molar-refractivity contribution in [3.05, 3.63) is 34.4 Å². The van der Waals surface area contributed by atoms with Crippen molar-refractivity contribution >= 4 is 23.6 Å². The van der Waals surface area contributed by atoms with E-state index in [0.717, 1.165) is 5.56 Å². The number of carbonyl (C=O) groups is 1. The van der Waals surface area contributed by atoms with E-state index in [0.29, 0.717) is 16.3 Å². The van der Waals surface area contributed by atoms with E-state index in [9.17, 15) is 4.79 Å². The first-order valence-electron chi connectivity index (χ1n) is 5.65. The van der Waals surface area contributed by atoms with Gasteiger partial charge in [-0.3, -0.25) is 4.79 Å². The van der Waals surface area contributed by atoms with E-state index in [1.54, 1.807) is 31.2 Å². The fourth-order valence-electron chi connectivity index (χ4n) is 1.63. The van der Waals surface area contributed by atoms with Crippen molar-refractivity contribution in [2.24, 2.45) is 0 Å². The maximum Gasteiger partial charge on any atom is 0.250 e. The summed E-state index contributed by atoms with van der Waals surface area (Å²) in [4.78, 5) is 11.8. The zero-order chi connectivity index (χ0) is 13.1. The predicted molar refractivity (Wildman–Crippen MR) is 69.6 cm³/mol. The van der Waals surface area contributed by atoms with Crippen LogP contribution < -0.4 is 10.1 Å². The lowest BCUT2D eigenvalue weighted by Gasteiger charge is -2.18. The molecule has 0 aliphatic carbocycles.